The van der Waals surface area contributed by atoms with Gasteiger partial charge in [0.05, 0.1) is 11.4 Å². The topological polar surface area (TPSA) is 114 Å². The lowest BCUT2D eigenvalue weighted by molar-refractivity contribution is 0.0691. The van der Waals surface area contributed by atoms with Gasteiger partial charge in [-0.1, -0.05) is 42.5 Å². The molecule has 7 nitrogen and oxygen atoms in total. The molecular weight excluding hydrogens is 547 g/mol. The number of aromatic carboxylic acids is 1. The monoisotopic (exact) mass is 573 g/mol. The van der Waals surface area contributed by atoms with E-state index in [2.05, 4.69) is 4.98 Å². The van der Waals surface area contributed by atoms with E-state index in [1.54, 1.807) is 10.7 Å². The molecule has 0 aliphatic heterocycles. The van der Waals surface area contributed by atoms with Gasteiger partial charge in [-0.05, 0) is 66.6 Å². The number of hydrogen-bond donors (Lipinski definition) is 3. The summed E-state index contributed by atoms with van der Waals surface area (Å²) < 4.78 is 26.6. The van der Waals surface area contributed by atoms with Crippen molar-refractivity contribution in [1.29, 1.82) is 0 Å². The maximum Gasteiger partial charge on any atom is 0.355 e. The minimum atomic E-state index is -1.32. The van der Waals surface area contributed by atoms with Crippen molar-refractivity contribution in [2.24, 2.45) is 11.1 Å². The Balaban J connectivity index is 1.52. The van der Waals surface area contributed by atoms with Crippen molar-refractivity contribution in [3.8, 4) is 27.5 Å². The van der Waals surface area contributed by atoms with E-state index in [4.69, 9.17) is 10.2 Å². The number of halogens is 1. The first-order chi connectivity index (χ1) is 19.4. The summed E-state index contributed by atoms with van der Waals surface area (Å²) in [7, 11) is 0. The molecule has 5 aromatic rings. The first-order valence-corrected chi connectivity index (χ1v) is 14.9. The van der Waals surface area contributed by atoms with Gasteiger partial charge in [0.15, 0.2) is 5.69 Å². The van der Waals surface area contributed by atoms with Crippen LogP contribution in [0.25, 0.3) is 27.5 Å². The normalized spacial score (nSPS) is 13.9. The maximum absolute atomic E-state index is 15.0. The number of carbonyl (C=O) groups is 1. The minimum absolute atomic E-state index is 0.0270. The fourth-order valence-electron chi connectivity index (χ4n) is 4.79. The summed E-state index contributed by atoms with van der Waals surface area (Å²) in [6.07, 6.45) is 3.56. The molecule has 10 heteroatoms. The van der Waals surface area contributed by atoms with Gasteiger partial charge < -0.3 is 5.11 Å². The summed E-state index contributed by atoms with van der Waals surface area (Å²) in [5.41, 5.74) is 5.63. The number of carboxylic acid groups (broad SMARTS) is 1. The number of thiazole rings is 1. The van der Waals surface area contributed by atoms with Crippen LogP contribution >= 0.6 is 11.3 Å². The highest BCUT2D eigenvalue weighted by Crippen LogP contribution is 2.39. The van der Waals surface area contributed by atoms with Gasteiger partial charge in [-0.2, -0.15) is 9.65 Å². The summed E-state index contributed by atoms with van der Waals surface area (Å²) >= 11 is -0.0926. The molecule has 6 rings (SSSR count). The zero-order valence-electron chi connectivity index (χ0n) is 21.3. The molecule has 1 aliphatic rings. The average molecular weight is 574 g/mol. The van der Waals surface area contributed by atoms with Crippen molar-refractivity contribution < 1.29 is 18.8 Å². The molecule has 40 heavy (non-hydrogen) atoms. The third-order valence-corrected chi connectivity index (χ3v) is 8.60. The van der Waals surface area contributed by atoms with Gasteiger partial charge in [0, 0.05) is 28.5 Å². The summed E-state index contributed by atoms with van der Waals surface area (Å²) in [5.74, 6) is -0.894. The van der Waals surface area contributed by atoms with Crippen LogP contribution in [0.5, 0.6) is 0 Å². The molecule has 0 bridgehead atoms. The van der Waals surface area contributed by atoms with E-state index in [0.29, 0.717) is 33.6 Å². The van der Waals surface area contributed by atoms with Crippen molar-refractivity contribution >= 4 is 28.7 Å². The predicted molar refractivity (Wildman–Crippen MR) is 155 cm³/mol. The molecule has 1 unspecified atom stereocenters. The second kappa shape index (κ2) is 11.0. The molecule has 0 amide bonds. The van der Waals surface area contributed by atoms with E-state index in [0.717, 1.165) is 47.2 Å². The molecule has 1 atom stereocenters. The van der Waals surface area contributed by atoms with E-state index >= 15 is 4.39 Å². The fourth-order valence-corrected chi connectivity index (χ4v) is 5.98. The molecule has 1 aliphatic carbocycles. The third kappa shape index (κ3) is 5.44. The predicted octanol–water partition coefficient (Wildman–Crippen LogP) is 6.37. The van der Waals surface area contributed by atoms with Crippen LogP contribution in [0, 0.1) is 11.7 Å². The van der Waals surface area contributed by atoms with Crippen LogP contribution in [0.15, 0.2) is 83.1 Å². The second-order valence-electron chi connectivity index (χ2n) is 9.85. The van der Waals surface area contributed by atoms with Crippen molar-refractivity contribution in [3.63, 3.8) is 0 Å². The Morgan fingerprint density at radius 2 is 1.82 bits per heavy atom. The molecule has 2 aromatic heterocycles. The second-order valence-corrected chi connectivity index (χ2v) is 11.8. The number of nitrogens with zero attached hydrogens (tertiary/aromatic N) is 3. The number of hydrogen-bond acceptors (Lipinski definition) is 6. The van der Waals surface area contributed by atoms with Crippen molar-refractivity contribution in [3.05, 3.63) is 107 Å². The average Bonchev–Trinajstić information content (AvgIpc) is 3.52. The summed E-state index contributed by atoms with van der Waals surface area (Å²) in [6, 6.07) is 21.9. The van der Waals surface area contributed by atoms with Crippen LogP contribution in [-0.4, -0.2) is 30.4 Å². The largest absolute Gasteiger partial charge is 0.476 e. The quantitative estimate of drug-likeness (QED) is 0.177. The van der Waals surface area contributed by atoms with Crippen LogP contribution in [0.2, 0.25) is 0 Å². The van der Waals surface area contributed by atoms with Crippen LogP contribution in [0.3, 0.4) is 0 Å². The lowest BCUT2D eigenvalue weighted by atomic mass is 9.95. The third-order valence-electron chi connectivity index (χ3n) is 7.03. The molecule has 1 fully saturated rings. The van der Waals surface area contributed by atoms with Gasteiger partial charge in [0.1, 0.15) is 5.82 Å². The van der Waals surface area contributed by atoms with Crippen molar-refractivity contribution in [2.75, 3.05) is 0 Å². The van der Waals surface area contributed by atoms with Crippen LogP contribution < -0.4 is 5.14 Å². The molecule has 4 N–H and O–H groups in total. The molecule has 1 saturated carbocycles. The SMILES string of the molecule is N[S+](O)c1ccc(Cc2c(-c3ccc(F)c(-c4ccccc4)c3)nn(-c3nc(C(=O)O)cs3)c2CC2CC2)cc1. The van der Waals surface area contributed by atoms with Crippen LogP contribution in [0.4, 0.5) is 4.39 Å². The first kappa shape index (κ1) is 26.4. The van der Waals surface area contributed by atoms with Crippen molar-refractivity contribution in [1.82, 2.24) is 14.8 Å². The minimum Gasteiger partial charge on any atom is -0.476 e. The van der Waals surface area contributed by atoms with E-state index < -0.39 is 17.3 Å². The Labute approximate surface area is 237 Å². The standard InChI is InChI=1S/C30H25FN4O3S2/c31-25-13-10-21(16-23(25)20-4-2-1-3-5-20)28-24(14-18-8-11-22(12-9-18)40(32)38)27(15-19-6-7-19)35(34-28)30-33-26(17-39-30)29(36)37/h1-5,8-13,16-17,19,38H,6-7,14-15,32H2/p+1. The summed E-state index contributed by atoms with van der Waals surface area (Å²) in [6.45, 7) is 0. The van der Waals surface area contributed by atoms with Gasteiger partial charge in [0.2, 0.25) is 10.0 Å². The van der Waals surface area contributed by atoms with E-state index in [1.165, 1.54) is 22.8 Å². The Bertz CT molecular complexity index is 1680. The Kier molecular flexibility index (Phi) is 7.24. The highest BCUT2D eigenvalue weighted by atomic mass is 32.2. The van der Waals surface area contributed by atoms with Gasteiger partial charge in [0.25, 0.3) is 11.4 Å². The van der Waals surface area contributed by atoms with Crippen molar-refractivity contribution in [2.45, 2.75) is 30.6 Å². The summed E-state index contributed by atoms with van der Waals surface area (Å²) in [5, 5.41) is 22.1. The zero-order chi connectivity index (χ0) is 27.8. The van der Waals surface area contributed by atoms with Gasteiger partial charge in [-0.15, -0.1) is 16.5 Å². The fraction of sp³-hybridized carbons (Fsp3) is 0.167. The van der Waals surface area contributed by atoms with Gasteiger partial charge >= 0.3 is 5.97 Å². The number of carboxylic acids is 1. The molecule has 202 valence electrons. The Morgan fingerprint density at radius 1 is 1.07 bits per heavy atom. The zero-order valence-corrected chi connectivity index (χ0v) is 23.0. The number of aromatic nitrogens is 3. The lowest BCUT2D eigenvalue weighted by Gasteiger charge is -2.10. The number of nitrogens with two attached hydrogens (primary N) is 1. The van der Waals surface area contributed by atoms with Gasteiger partial charge in [-0.25, -0.2) is 18.9 Å². The number of benzene rings is 3. The van der Waals surface area contributed by atoms with E-state index in [9.17, 15) is 14.5 Å². The molecule has 3 aromatic carbocycles. The summed E-state index contributed by atoms with van der Waals surface area (Å²) in [4.78, 5) is 16.6. The maximum atomic E-state index is 15.0. The van der Waals surface area contributed by atoms with Crippen LogP contribution in [-0.2, 0) is 24.2 Å². The molecule has 0 spiro atoms. The molecular formula is C30H26FN4O3S2+. The lowest BCUT2D eigenvalue weighted by Crippen LogP contribution is -2.11. The first-order valence-electron chi connectivity index (χ1n) is 12.8. The highest BCUT2D eigenvalue weighted by Gasteiger charge is 2.29. The Hall–Kier alpha value is -3.83. The molecule has 0 radical (unpaired) electrons. The van der Waals surface area contributed by atoms with E-state index in [-0.39, 0.29) is 11.5 Å². The van der Waals surface area contributed by atoms with Gasteiger partial charge in [-0.3, -0.25) is 0 Å². The number of rotatable bonds is 9. The molecule has 0 saturated heterocycles. The Morgan fingerprint density at radius 3 is 2.48 bits per heavy atom. The smallest absolute Gasteiger partial charge is 0.355 e. The molecule has 2 heterocycles. The van der Waals surface area contributed by atoms with Crippen LogP contribution in [0.1, 0.15) is 40.2 Å². The highest BCUT2D eigenvalue weighted by molar-refractivity contribution is 7.89. The van der Waals surface area contributed by atoms with E-state index in [1.807, 2.05) is 60.7 Å².